The lowest BCUT2D eigenvalue weighted by Crippen LogP contribution is -1.84. The molecule has 0 bridgehead atoms. The summed E-state index contributed by atoms with van der Waals surface area (Å²) in [5.41, 5.74) is 1.31. The highest BCUT2D eigenvalue weighted by atomic mass is 16.5. The van der Waals surface area contributed by atoms with Crippen molar-refractivity contribution >= 4 is 21.5 Å². The zero-order valence-electron chi connectivity index (χ0n) is 8.73. The second kappa shape index (κ2) is 2.76. The van der Waals surface area contributed by atoms with Crippen LogP contribution in [0.5, 0.6) is 5.75 Å². The summed E-state index contributed by atoms with van der Waals surface area (Å²) in [7, 11) is 0. The van der Waals surface area contributed by atoms with Crippen molar-refractivity contribution < 1.29 is 4.74 Å². The predicted molar refractivity (Wildman–Crippen MR) is 65.8 cm³/mol. The Hall–Kier alpha value is -2.02. The molecular formula is C15H10O. The van der Waals surface area contributed by atoms with E-state index in [2.05, 4.69) is 42.5 Å². The molecule has 3 aromatic rings. The van der Waals surface area contributed by atoms with Crippen LogP contribution in [0.2, 0.25) is 0 Å². The van der Waals surface area contributed by atoms with Gasteiger partial charge in [-0.25, -0.2) is 0 Å². The van der Waals surface area contributed by atoms with E-state index >= 15 is 0 Å². The van der Waals surface area contributed by atoms with Crippen molar-refractivity contribution in [2.75, 3.05) is 0 Å². The average molecular weight is 206 g/mol. The van der Waals surface area contributed by atoms with Gasteiger partial charge in [0.05, 0.1) is 0 Å². The fourth-order valence-electron chi connectivity index (χ4n) is 2.60. The molecule has 3 aromatic carbocycles. The summed E-state index contributed by atoms with van der Waals surface area (Å²) in [6, 6.07) is 17.1. The van der Waals surface area contributed by atoms with Gasteiger partial charge in [0.1, 0.15) is 12.4 Å². The fourth-order valence-corrected chi connectivity index (χ4v) is 2.60. The van der Waals surface area contributed by atoms with Gasteiger partial charge in [0.25, 0.3) is 0 Å². The highest BCUT2D eigenvalue weighted by Gasteiger charge is 2.16. The van der Waals surface area contributed by atoms with Gasteiger partial charge in [-0.15, -0.1) is 0 Å². The Kier molecular flexibility index (Phi) is 1.41. The summed E-state index contributed by atoms with van der Waals surface area (Å²) in [4.78, 5) is 0. The van der Waals surface area contributed by atoms with Crippen LogP contribution in [0.3, 0.4) is 0 Å². The third kappa shape index (κ3) is 0.904. The molecule has 0 radical (unpaired) electrons. The van der Waals surface area contributed by atoms with Crippen molar-refractivity contribution in [2.24, 2.45) is 0 Å². The largest absolute Gasteiger partial charge is 0.488 e. The van der Waals surface area contributed by atoms with E-state index in [0.717, 1.165) is 5.75 Å². The molecule has 1 heteroatoms. The second-order valence-corrected chi connectivity index (χ2v) is 4.22. The van der Waals surface area contributed by atoms with E-state index in [0.29, 0.717) is 6.61 Å². The van der Waals surface area contributed by atoms with Gasteiger partial charge in [-0.1, -0.05) is 36.4 Å². The Morgan fingerprint density at radius 2 is 1.75 bits per heavy atom. The zero-order valence-corrected chi connectivity index (χ0v) is 8.73. The van der Waals surface area contributed by atoms with E-state index in [1.54, 1.807) is 0 Å². The third-order valence-corrected chi connectivity index (χ3v) is 3.31. The van der Waals surface area contributed by atoms with E-state index < -0.39 is 0 Å². The molecule has 76 valence electrons. The summed E-state index contributed by atoms with van der Waals surface area (Å²) in [5, 5.41) is 5.21. The van der Waals surface area contributed by atoms with Crippen LogP contribution >= 0.6 is 0 Å². The molecular weight excluding hydrogens is 196 g/mol. The number of fused-ring (bicyclic) bond motifs is 2. The topological polar surface area (TPSA) is 9.23 Å². The predicted octanol–water partition coefficient (Wildman–Crippen LogP) is 3.89. The van der Waals surface area contributed by atoms with Crippen LogP contribution in [0.25, 0.3) is 21.5 Å². The van der Waals surface area contributed by atoms with Crippen LogP contribution in [0.15, 0.2) is 48.5 Å². The van der Waals surface area contributed by atoms with Crippen LogP contribution in [0.4, 0.5) is 0 Å². The molecule has 4 rings (SSSR count). The number of benzene rings is 3. The SMILES string of the molecule is c1ccc2c(c1)cc1c3c(cccc32)OC1. The lowest BCUT2D eigenvalue weighted by atomic mass is 9.98. The van der Waals surface area contributed by atoms with Gasteiger partial charge in [0.15, 0.2) is 0 Å². The summed E-state index contributed by atoms with van der Waals surface area (Å²) in [5.74, 6) is 1.03. The number of hydrogen-bond donors (Lipinski definition) is 0. The average Bonchev–Trinajstić information content (AvgIpc) is 2.75. The smallest absolute Gasteiger partial charge is 0.128 e. The Balaban J connectivity index is 2.36. The molecule has 0 spiro atoms. The maximum Gasteiger partial charge on any atom is 0.128 e. The van der Waals surface area contributed by atoms with Crippen LogP contribution < -0.4 is 4.74 Å². The summed E-state index contributed by atoms with van der Waals surface area (Å²) < 4.78 is 5.69. The molecule has 1 aliphatic heterocycles. The number of hydrogen-bond acceptors (Lipinski definition) is 1. The van der Waals surface area contributed by atoms with E-state index in [1.165, 1.54) is 27.1 Å². The molecule has 0 saturated carbocycles. The Morgan fingerprint density at radius 3 is 2.75 bits per heavy atom. The Labute approximate surface area is 93.3 Å². The monoisotopic (exact) mass is 206 g/mol. The van der Waals surface area contributed by atoms with Crippen molar-refractivity contribution in [1.29, 1.82) is 0 Å². The molecule has 1 aliphatic rings. The molecule has 0 fully saturated rings. The normalized spacial score (nSPS) is 13.2. The maximum absolute atomic E-state index is 5.69. The lowest BCUT2D eigenvalue weighted by molar-refractivity contribution is 0.327. The second-order valence-electron chi connectivity index (χ2n) is 4.22. The summed E-state index contributed by atoms with van der Waals surface area (Å²) in [6.45, 7) is 0.709. The maximum atomic E-state index is 5.69. The van der Waals surface area contributed by atoms with Gasteiger partial charge in [0.2, 0.25) is 0 Å². The molecule has 0 atom stereocenters. The zero-order chi connectivity index (χ0) is 10.5. The van der Waals surface area contributed by atoms with Crippen molar-refractivity contribution in [1.82, 2.24) is 0 Å². The summed E-state index contributed by atoms with van der Waals surface area (Å²) in [6.07, 6.45) is 0. The first-order chi connectivity index (χ1) is 7.93. The third-order valence-electron chi connectivity index (χ3n) is 3.31. The van der Waals surface area contributed by atoms with Gasteiger partial charge >= 0.3 is 0 Å². The molecule has 1 nitrogen and oxygen atoms in total. The van der Waals surface area contributed by atoms with Crippen molar-refractivity contribution in [3.63, 3.8) is 0 Å². The number of rotatable bonds is 0. The van der Waals surface area contributed by atoms with Crippen LogP contribution in [0.1, 0.15) is 5.56 Å². The number of ether oxygens (including phenoxy) is 1. The van der Waals surface area contributed by atoms with Crippen molar-refractivity contribution in [2.45, 2.75) is 6.61 Å². The first-order valence-corrected chi connectivity index (χ1v) is 5.50. The molecule has 1 heterocycles. The Bertz CT molecular complexity index is 713. The van der Waals surface area contributed by atoms with Crippen LogP contribution in [0, 0.1) is 0 Å². The van der Waals surface area contributed by atoms with Gasteiger partial charge in [-0.3, -0.25) is 0 Å². The minimum absolute atomic E-state index is 0.709. The molecule has 0 saturated heterocycles. The van der Waals surface area contributed by atoms with Crippen molar-refractivity contribution in [3.8, 4) is 5.75 Å². The minimum Gasteiger partial charge on any atom is -0.488 e. The lowest BCUT2D eigenvalue weighted by Gasteiger charge is -2.04. The molecule has 0 N–H and O–H groups in total. The highest BCUT2D eigenvalue weighted by Crippen LogP contribution is 2.39. The van der Waals surface area contributed by atoms with E-state index in [4.69, 9.17) is 4.74 Å². The van der Waals surface area contributed by atoms with Crippen molar-refractivity contribution in [3.05, 3.63) is 54.1 Å². The fraction of sp³-hybridized carbons (Fsp3) is 0.0667. The minimum atomic E-state index is 0.709. The summed E-state index contributed by atoms with van der Waals surface area (Å²) >= 11 is 0. The van der Waals surface area contributed by atoms with E-state index in [-0.39, 0.29) is 0 Å². The molecule has 0 amide bonds. The highest BCUT2D eigenvalue weighted by molar-refractivity contribution is 6.11. The van der Waals surface area contributed by atoms with E-state index in [9.17, 15) is 0 Å². The van der Waals surface area contributed by atoms with Crippen LogP contribution in [-0.4, -0.2) is 0 Å². The molecule has 0 aromatic heterocycles. The van der Waals surface area contributed by atoms with Gasteiger partial charge in [0, 0.05) is 10.9 Å². The molecule has 16 heavy (non-hydrogen) atoms. The quantitative estimate of drug-likeness (QED) is 0.507. The first-order valence-electron chi connectivity index (χ1n) is 5.50. The van der Waals surface area contributed by atoms with Crippen LogP contribution in [-0.2, 0) is 6.61 Å². The first kappa shape index (κ1) is 8.17. The van der Waals surface area contributed by atoms with Gasteiger partial charge in [-0.2, -0.15) is 0 Å². The van der Waals surface area contributed by atoms with E-state index in [1.807, 2.05) is 6.07 Å². The molecule has 0 unspecified atom stereocenters. The Morgan fingerprint density at radius 1 is 0.875 bits per heavy atom. The van der Waals surface area contributed by atoms with Gasteiger partial charge < -0.3 is 4.74 Å². The van der Waals surface area contributed by atoms with Gasteiger partial charge in [-0.05, 0) is 28.3 Å². The standard InChI is InChI=1S/C15H10O/c1-2-5-12-10(4-1)8-11-9-16-14-7-3-6-13(12)15(11)14/h1-8H,9H2. The molecule has 0 aliphatic carbocycles.